The van der Waals surface area contributed by atoms with E-state index in [1.54, 1.807) is 0 Å². The summed E-state index contributed by atoms with van der Waals surface area (Å²) in [4.78, 5) is 0. The van der Waals surface area contributed by atoms with Gasteiger partial charge in [0.1, 0.15) is 5.84 Å². The summed E-state index contributed by atoms with van der Waals surface area (Å²) in [7, 11) is 0. The van der Waals surface area contributed by atoms with Crippen LogP contribution >= 0.6 is 11.8 Å². The van der Waals surface area contributed by atoms with Crippen molar-refractivity contribution in [2.45, 2.75) is 39.2 Å². The van der Waals surface area contributed by atoms with E-state index >= 15 is 0 Å². The summed E-state index contributed by atoms with van der Waals surface area (Å²) in [6.45, 7) is 4.91. The Balaban J connectivity index is 2.14. The Morgan fingerprint density at radius 2 is 2.38 bits per heavy atom. The second kappa shape index (κ2) is 6.35. The maximum Gasteiger partial charge on any atom is 0.144 e. The SMILES string of the molecule is CC(C)(CCSCC1CCCO1)C(N)=NO. The van der Waals surface area contributed by atoms with Crippen LogP contribution in [0.2, 0.25) is 0 Å². The van der Waals surface area contributed by atoms with E-state index in [0.29, 0.717) is 11.9 Å². The molecule has 0 amide bonds. The van der Waals surface area contributed by atoms with E-state index < -0.39 is 0 Å². The van der Waals surface area contributed by atoms with E-state index in [0.717, 1.165) is 24.5 Å². The maximum atomic E-state index is 8.64. The van der Waals surface area contributed by atoms with Crippen LogP contribution in [0.25, 0.3) is 0 Å². The van der Waals surface area contributed by atoms with Crippen molar-refractivity contribution >= 4 is 17.6 Å². The number of hydrogen-bond acceptors (Lipinski definition) is 4. The number of nitrogens with zero attached hydrogens (tertiary/aromatic N) is 1. The van der Waals surface area contributed by atoms with Crippen molar-refractivity contribution in [3.05, 3.63) is 0 Å². The molecule has 16 heavy (non-hydrogen) atoms. The van der Waals surface area contributed by atoms with Crippen LogP contribution in [0.3, 0.4) is 0 Å². The first kappa shape index (κ1) is 13.6. The van der Waals surface area contributed by atoms with E-state index in [9.17, 15) is 0 Å². The first-order valence-electron chi connectivity index (χ1n) is 5.73. The van der Waals surface area contributed by atoms with Gasteiger partial charge < -0.3 is 15.7 Å². The molecule has 0 bridgehead atoms. The molecule has 1 heterocycles. The molecule has 0 aromatic carbocycles. The van der Waals surface area contributed by atoms with E-state index in [-0.39, 0.29) is 5.41 Å². The Kier molecular flexibility index (Phi) is 5.41. The third-order valence-electron chi connectivity index (χ3n) is 3.00. The van der Waals surface area contributed by atoms with Crippen molar-refractivity contribution < 1.29 is 9.94 Å². The second-order valence-corrected chi connectivity index (χ2v) is 5.98. The minimum absolute atomic E-state index is 0.224. The van der Waals surface area contributed by atoms with Crippen molar-refractivity contribution in [2.24, 2.45) is 16.3 Å². The van der Waals surface area contributed by atoms with Gasteiger partial charge in [-0.15, -0.1) is 0 Å². The van der Waals surface area contributed by atoms with Gasteiger partial charge in [0.2, 0.25) is 0 Å². The number of oxime groups is 1. The molecule has 1 atom stereocenters. The predicted octanol–water partition coefficient (Wildman–Crippen LogP) is 2.06. The topological polar surface area (TPSA) is 67.8 Å². The summed E-state index contributed by atoms with van der Waals surface area (Å²) < 4.78 is 5.54. The molecule has 0 radical (unpaired) electrons. The Morgan fingerprint density at radius 3 is 2.94 bits per heavy atom. The number of amidine groups is 1. The van der Waals surface area contributed by atoms with Gasteiger partial charge in [0.15, 0.2) is 0 Å². The zero-order valence-corrected chi connectivity index (χ0v) is 10.9. The zero-order valence-electron chi connectivity index (χ0n) is 10.1. The molecule has 0 aromatic heterocycles. The van der Waals surface area contributed by atoms with E-state index in [1.807, 2.05) is 25.6 Å². The van der Waals surface area contributed by atoms with Gasteiger partial charge in [-0.25, -0.2) is 0 Å². The molecule has 1 aliphatic heterocycles. The first-order valence-corrected chi connectivity index (χ1v) is 6.89. The predicted molar refractivity (Wildman–Crippen MR) is 68.1 cm³/mol. The largest absolute Gasteiger partial charge is 0.409 e. The molecule has 94 valence electrons. The summed E-state index contributed by atoms with van der Waals surface area (Å²) in [6.07, 6.45) is 3.74. The lowest BCUT2D eigenvalue weighted by Crippen LogP contribution is -2.32. The van der Waals surface area contributed by atoms with Crippen LogP contribution in [0.15, 0.2) is 5.16 Å². The lowest BCUT2D eigenvalue weighted by atomic mass is 9.89. The van der Waals surface area contributed by atoms with Crippen molar-refractivity contribution in [1.29, 1.82) is 0 Å². The number of rotatable bonds is 6. The van der Waals surface area contributed by atoms with Crippen molar-refractivity contribution in [3.8, 4) is 0 Å². The molecule has 1 aliphatic rings. The highest BCUT2D eigenvalue weighted by atomic mass is 32.2. The smallest absolute Gasteiger partial charge is 0.144 e. The summed E-state index contributed by atoms with van der Waals surface area (Å²) in [5.74, 6) is 2.39. The van der Waals surface area contributed by atoms with E-state index in [2.05, 4.69) is 5.16 Å². The van der Waals surface area contributed by atoms with Crippen LogP contribution in [0.1, 0.15) is 33.1 Å². The Labute approximate surface area is 102 Å². The van der Waals surface area contributed by atoms with Gasteiger partial charge in [-0.3, -0.25) is 0 Å². The molecule has 0 aromatic rings. The molecule has 3 N–H and O–H groups in total. The zero-order chi connectivity index (χ0) is 12.0. The van der Waals surface area contributed by atoms with Gasteiger partial charge in [0, 0.05) is 17.8 Å². The number of ether oxygens (including phenoxy) is 1. The molecule has 1 fully saturated rings. The van der Waals surface area contributed by atoms with Gasteiger partial charge in [0.25, 0.3) is 0 Å². The van der Waals surface area contributed by atoms with Gasteiger partial charge in [-0.2, -0.15) is 11.8 Å². The molecule has 1 rings (SSSR count). The fraction of sp³-hybridized carbons (Fsp3) is 0.909. The Bertz CT molecular complexity index is 238. The first-order chi connectivity index (χ1) is 7.56. The van der Waals surface area contributed by atoms with Crippen LogP contribution < -0.4 is 5.73 Å². The fourth-order valence-electron chi connectivity index (χ4n) is 1.58. The highest BCUT2D eigenvalue weighted by Crippen LogP contribution is 2.24. The highest BCUT2D eigenvalue weighted by Gasteiger charge is 2.23. The van der Waals surface area contributed by atoms with Gasteiger partial charge >= 0.3 is 0 Å². The Hall–Kier alpha value is -0.420. The van der Waals surface area contributed by atoms with E-state index in [1.165, 1.54) is 12.8 Å². The van der Waals surface area contributed by atoms with Crippen molar-refractivity contribution in [2.75, 3.05) is 18.1 Å². The van der Waals surface area contributed by atoms with Crippen LogP contribution in [0, 0.1) is 5.41 Å². The van der Waals surface area contributed by atoms with Crippen LogP contribution in [0.5, 0.6) is 0 Å². The Morgan fingerprint density at radius 1 is 1.62 bits per heavy atom. The lowest BCUT2D eigenvalue weighted by molar-refractivity contribution is 0.129. The maximum absolute atomic E-state index is 8.64. The normalized spacial score (nSPS) is 22.6. The third-order valence-corrected chi connectivity index (χ3v) is 4.10. The van der Waals surface area contributed by atoms with Gasteiger partial charge in [-0.05, 0) is 25.0 Å². The molecular weight excluding hydrogens is 224 g/mol. The molecule has 0 spiro atoms. The minimum atomic E-state index is -0.224. The monoisotopic (exact) mass is 246 g/mol. The van der Waals surface area contributed by atoms with Gasteiger partial charge in [-0.1, -0.05) is 19.0 Å². The number of thioether (sulfide) groups is 1. The summed E-state index contributed by atoms with van der Waals surface area (Å²) in [5, 5.41) is 11.7. The average Bonchev–Trinajstić information content (AvgIpc) is 2.76. The number of hydrogen-bond donors (Lipinski definition) is 2. The van der Waals surface area contributed by atoms with Crippen LogP contribution in [-0.2, 0) is 4.74 Å². The minimum Gasteiger partial charge on any atom is -0.409 e. The lowest BCUT2D eigenvalue weighted by Gasteiger charge is -2.22. The molecule has 0 saturated carbocycles. The average molecular weight is 246 g/mol. The third kappa shape index (κ3) is 4.22. The van der Waals surface area contributed by atoms with Crippen molar-refractivity contribution in [3.63, 3.8) is 0 Å². The van der Waals surface area contributed by atoms with Crippen LogP contribution in [0.4, 0.5) is 0 Å². The molecule has 0 aliphatic carbocycles. The quantitative estimate of drug-likeness (QED) is 0.247. The second-order valence-electron chi connectivity index (χ2n) is 4.83. The molecule has 5 heteroatoms. The number of nitrogens with two attached hydrogens (primary N) is 1. The fourth-order valence-corrected chi connectivity index (χ4v) is 2.93. The molecule has 1 unspecified atom stereocenters. The molecule has 4 nitrogen and oxygen atoms in total. The summed E-state index contributed by atoms with van der Waals surface area (Å²) in [5.41, 5.74) is 5.40. The van der Waals surface area contributed by atoms with Crippen LogP contribution in [-0.4, -0.2) is 35.3 Å². The molecular formula is C11H22N2O2S. The molecule has 1 saturated heterocycles. The standard InChI is InChI=1S/C11H22N2O2S/c1-11(2,10(12)13-14)5-7-16-8-9-4-3-6-15-9/h9,14H,3-8H2,1-2H3,(H2,12,13). The highest BCUT2D eigenvalue weighted by molar-refractivity contribution is 7.99. The summed E-state index contributed by atoms with van der Waals surface area (Å²) >= 11 is 1.89. The van der Waals surface area contributed by atoms with Crippen molar-refractivity contribution in [1.82, 2.24) is 0 Å². The van der Waals surface area contributed by atoms with Gasteiger partial charge in [0.05, 0.1) is 6.10 Å². The van der Waals surface area contributed by atoms with E-state index in [4.69, 9.17) is 15.7 Å². The summed E-state index contributed by atoms with van der Waals surface area (Å²) in [6, 6.07) is 0.